The molecule has 118 valence electrons. The number of methoxy groups -OCH3 is 2. The van der Waals surface area contributed by atoms with Crippen LogP contribution in [0.4, 0.5) is 5.69 Å². The lowest BCUT2D eigenvalue weighted by Gasteiger charge is -2.20. The second-order valence-corrected chi connectivity index (χ2v) is 6.75. The Hall–Kier alpha value is -2.21. The lowest BCUT2D eigenvalue weighted by atomic mass is 10.2. The fourth-order valence-electron chi connectivity index (χ4n) is 2.06. The van der Waals surface area contributed by atoms with E-state index < -0.39 is 10.0 Å². The topological polar surface area (TPSA) is 55.8 Å². The van der Waals surface area contributed by atoms with Crippen molar-refractivity contribution in [2.24, 2.45) is 0 Å². The molecule has 0 aliphatic heterocycles. The van der Waals surface area contributed by atoms with Crippen molar-refractivity contribution >= 4 is 15.7 Å². The van der Waals surface area contributed by atoms with Gasteiger partial charge in [0.1, 0.15) is 0 Å². The van der Waals surface area contributed by atoms with Gasteiger partial charge in [-0.15, -0.1) is 0 Å². The van der Waals surface area contributed by atoms with E-state index in [0.717, 1.165) is 5.56 Å². The monoisotopic (exact) mass is 321 g/mol. The number of sulfonamides is 1. The first-order valence-electron chi connectivity index (χ1n) is 6.70. The average molecular weight is 321 g/mol. The Kier molecular flexibility index (Phi) is 4.92. The van der Waals surface area contributed by atoms with Crippen LogP contribution in [-0.4, -0.2) is 29.7 Å². The minimum atomic E-state index is -3.47. The summed E-state index contributed by atoms with van der Waals surface area (Å²) in [5.74, 6) is 0.987. The van der Waals surface area contributed by atoms with Gasteiger partial charge in [0.2, 0.25) is 10.0 Å². The standard InChI is InChI=1S/C16H19NO4S/c1-17(14-9-10-15(20-2)16(11-14)21-3)22(18,19)12-13-7-5-4-6-8-13/h4-11H,12H2,1-3H3. The Bertz CT molecular complexity index is 729. The molecule has 2 aromatic rings. The van der Waals surface area contributed by atoms with E-state index in [1.165, 1.54) is 25.6 Å². The molecule has 0 amide bonds. The summed E-state index contributed by atoms with van der Waals surface area (Å²) in [7, 11) is 1.10. The van der Waals surface area contributed by atoms with E-state index in [9.17, 15) is 8.42 Å². The van der Waals surface area contributed by atoms with Crippen molar-refractivity contribution in [3.63, 3.8) is 0 Å². The SMILES string of the molecule is COc1ccc(N(C)S(=O)(=O)Cc2ccccc2)cc1OC. The second-order valence-electron chi connectivity index (χ2n) is 4.75. The van der Waals surface area contributed by atoms with Gasteiger partial charge < -0.3 is 9.47 Å². The largest absolute Gasteiger partial charge is 0.493 e. The van der Waals surface area contributed by atoms with Crippen LogP contribution in [0.5, 0.6) is 11.5 Å². The summed E-state index contributed by atoms with van der Waals surface area (Å²) in [6, 6.07) is 14.1. The number of ether oxygens (including phenoxy) is 2. The summed E-state index contributed by atoms with van der Waals surface area (Å²) in [4.78, 5) is 0. The summed E-state index contributed by atoms with van der Waals surface area (Å²) in [6.45, 7) is 0. The fourth-order valence-corrected chi connectivity index (χ4v) is 3.31. The van der Waals surface area contributed by atoms with Gasteiger partial charge in [0.05, 0.1) is 25.7 Å². The molecule has 0 spiro atoms. The lowest BCUT2D eigenvalue weighted by Crippen LogP contribution is -2.27. The molecule has 0 heterocycles. The first kappa shape index (κ1) is 16.2. The van der Waals surface area contributed by atoms with Gasteiger partial charge in [-0.25, -0.2) is 8.42 Å². The molecule has 0 fully saturated rings. The Labute approximate surface area is 131 Å². The summed E-state index contributed by atoms with van der Waals surface area (Å²) in [6.07, 6.45) is 0. The number of hydrogen-bond acceptors (Lipinski definition) is 4. The smallest absolute Gasteiger partial charge is 0.239 e. The molecule has 0 aliphatic carbocycles. The van der Waals surface area contributed by atoms with Gasteiger partial charge in [0.25, 0.3) is 0 Å². The van der Waals surface area contributed by atoms with E-state index in [-0.39, 0.29) is 5.75 Å². The number of benzene rings is 2. The highest BCUT2D eigenvalue weighted by Crippen LogP contribution is 2.32. The normalized spacial score (nSPS) is 11.0. The molecule has 0 saturated heterocycles. The maximum atomic E-state index is 12.5. The van der Waals surface area contributed by atoms with Gasteiger partial charge in [-0.3, -0.25) is 4.31 Å². The van der Waals surface area contributed by atoms with Crippen LogP contribution in [0.3, 0.4) is 0 Å². The number of rotatable bonds is 6. The molecule has 22 heavy (non-hydrogen) atoms. The molecule has 5 nitrogen and oxygen atoms in total. The summed E-state index contributed by atoms with van der Waals surface area (Å²) >= 11 is 0. The van der Waals surface area contributed by atoms with E-state index in [2.05, 4.69) is 0 Å². The number of hydrogen-bond donors (Lipinski definition) is 0. The van der Waals surface area contributed by atoms with Crippen molar-refractivity contribution in [2.45, 2.75) is 5.75 Å². The van der Waals surface area contributed by atoms with Crippen molar-refractivity contribution in [1.82, 2.24) is 0 Å². The summed E-state index contributed by atoms with van der Waals surface area (Å²) in [5.41, 5.74) is 1.27. The van der Waals surface area contributed by atoms with Gasteiger partial charge in [0, 0.05) is 13.1 Å². The lowest BCUT2D eigenvalue weighted by molar-refractivity contribution is 0.355. The zero-order chi connectivity index (χ0) is 16.2. The van der Waals surface area contributed by atoms with Crippen molar-refractivity contribution in [3.8, 4) is 11.5 Å². The van der Waals surface area contributed by atoms with Gasteiger partial charge in [-0.05, 0) is 17.7 Å². The van der Waals surface area contributed by atoms with Crippen LogP contribution in [0, 0.1) is 0 Å². The quantitative estimate of drug-likeness (QED) is 0.821. The van der Waals surface area contributed by atoms with E-state index >= 15 is 0 Å². The van der Waals surface area contributed by atoms with Crippen LogP contribution < -0.4 is 13.8 Å². The van der Waals surface area contributed by atoms with Crippen molar-refractivity contribution in [2.75, 3.05) is 25.6 Å². The highest BCUT2D eigenvalue weighted by atomic mass is 32.2. The molecule has 0 N–H and O–H groups in total. The first-order chi connectivity index (χ1) is 10.5. The van der Waals surface area contributed by atoms with Gasteiger partial charge in [0.15, 0.2) is 11.5 Å². The predicted molar refractivity (Wildman–Crippen MR) is 87.0 cm³/mol. The molecule has 0 saturated carbocycles. The molecular weight excluding hydrogens is 302 g/mol. The highest BCUT2D eigenvalue weighted by molar-refractivity contribution is 7.92. The van der Waals surface area contributed by atoms with Crippen LogP contribution in [0.1, 0.15) is 5.56 Å². The van der Waals surface area contributed by atoms with Gasteiger partial charge in [-0.2, -0.15) is 0 Å². The van der Waals surface area contributed by atoms with Crippen molar-refractivity contribution < 1.29 is 17.9 Å². The Morgan fingerprint density at radius 1 is 0.955 bits per heavy atom. The maximum Gasteiger partial charge on any atom is 0.239 e. The maximum absolute atomic E-state index is 12.5. The average Bonchev–Trinajstić information content (AvgIpc) is 2.54. The minimum Gasteiger partial charge on any atom is -0.493 e. The molecule has 0 radical (unpaired) electrons. The number of nitrogens with zero attached hydrogens (tertiary/aromatic N) is 1. The van der Waals surface area contributed by atoms with Crippen LogP contribution >= 0.6 is 0 Å². The zero-order valence-electron chi connectivity index (χ0n) is 12.8. The van der Waals surface area contributed by atoms with Crippen molar-refractivity contribution in [1.29, 1.82) is 0 Å². The first-order valence-corrected chi connectivity index (χ1v) is 8.31. The fraction of sp³-hybridized carbons (Fsp3) is 0.250. The van der Waals surface area contributed by atoms with E-state index in [0.29, 0.717) is 17.2 Å². The molecule has 2 aromatic carbocycles. The van der Waals surface area contributed by atoms with E-state index in [1.54, 1.807) is 30.3 Å². The Morgan fingerprint density at radius 2 is 1.59 bits per heavy atom. The van der Waals surface area contributed by atoms with Crippen LogP contribution in [0.2, 0.25) is 0 Å². The van der Waals surface area contributed by atoms with Crippen LogP contribution in [0.15, 0.2) is 48.5 Å². The molecule has 0 aliphatic rings. The number of anilines is 1. The van der Waals surface area contributed by atoms with Gasteiger partial charge >= 0.3 is 0 Å². The summed E-state index contributed by atoms with van der Waals surface area (Å²) in [5, 5.41) is 0. The third-order valence-corrected chi connectivity index (χ3v) is 5.08. The molecule has 0 unspecified atom stereocenters. The highest BCUT2D eigenvalue weighted by Gasteiger charge is 2.20. The van der Waals surface area contributed by atoms with Crippen LogP contribution in [0.25, 0.3) is 0 Å². The van der Waals surface area contributed by atoms with Crippen molar-refractivity contribution in [3.05, 3.63) is 54.1 Å². The van der Waals surface area contributed by atoms with E-state index in [4.69, 9.17) is 9.47 Å². The summed E-state index contributed by atoms with van der Waals surface area (Å²) < 4.78 is 36.6. The second kappa shape index (κ2) is 6.70. The van der Waals surface area contributed by atoms with Crippen LogP contribution in [-0.2, 0) is 15.8 Å². The third-order valence-electron chi connectivity index (χ3n) is 3.34. The molecule has 0 bridgehead atoms. The Morgan fingerprint density at radius 3 is 2.18 bits per heavy atom. The van der Waals surface area contributed by atoms with Gasteiger partial charge in [-0.1, -0.05) is 30.3 Å². The molecule has 6 heteroatoms. The van der Waals surface area contributed by atoms with E-state index in [1.807, 2.05) is 18.2 Å². The molecular formula is C16H19NO4S. The third kappa shape index (κ3) is 3.51. The Balaban J connectivity index is 2.28. The molecule has 0 aromatic heterocycles. The minimum absolute atomic E-state index is 0.0569. The molecule has 0 atom stereocenters. The zero-order valence-corrected chi connectivity index (χ0v) is 13.6. The predicted octanol–water partition coefficient (Wildman–Crippen LogP) is 2.67. The molecule has 2 rings (SSSR count).